The van der Waals surface area contributed by atoms with Crippen molar-refractivity contribution in [1.29, 1.82) is 0 Å². The summed E-state index contributed by atoms with van der Waals surface area (Å²) in [5.74, 6) is 7.63. The minimum Gasteiger partial charge on any atom is -0.382 e. The van der Waals surface area contributed by atoms with Crippen molar-refractivity contribution in [2.45, 2.75) is 6.54 Å². The van der Waals surface area contributed by atoms with Gasteiger partial charge in [-0.1, -0.05) is 34.0 Å². The molecule has 0 unspecified atom stereocenters. The first-order valence-electron chi connectivity index (χ1n) is 9.97. The van der Waals surface area contributed by atoms with Crippen LogP contribution in [0.15, 0.2) is 53.4 Å². The van der Waals surface area contributed by atoms with Gasteiger partial charge >= 0.3 is 0 Å². The number of ether oxygens (including phenoxy) is 1. The van der Waals surface area contributed by atoms with Crippen molar-refractivity contribution >= 4 is 33.3 Å². The monoisotopic (exact) mass is 478 g/mol. The predicted octanol–water partition coefficient (Wildman–Crippen LogP) is 3.09. The molecule has 8 heteroatoms. The van der Waals surface area contributed by atoms with E-state index in [1.807, 2.05) is 36.2 Å². The Morgan fingerprint density at radius 1 is 1.06 bits per heavy atom. The van der Waals surface area contributed by atoms with Gasteiger partial charge < -0.3 is 20.3 Å². The Balaban J connectivity index is 1.53. The summed E-state index contributed by atoms with van der Waals surface area (Å²) in [6, 6.07) is 12.1. The SMILES string of the molecule is CN(Cc1ccc(Br)cc1)c1c(N)ncnc1C#Cc1ccc(N2CCOCC2)nc1. The molecule has 2 N–H and O–H groups in total. The molecule has 1 aliphatic heterocycles. The summed E-state index contributed by atoms with van der Waals surface area (Å²) < 4.78 is 6.44. The van der Waals surface area contributed by atoms with Gasteiger partial charge in [0.05, 0.1) is 13.2 Å². The number of halogens is 1. The Bertz CT molecular complexity index is 1090. The van der Waals surface area contributed by atoms with E-state index in [4.69, 9.17) is 10.5 Å². The van der Waals surface area contributed by atoms with Crippen LogP contribution in [0, 0.1) is 11.8 Å². The lowest BCUT2D eigenvalue weighted by atomic mass is 10.2. The van der Waals surface area contributed by atoms with Gasteiger partial charge in [0.2, 0.25) is 0 Å². The van der Waals surface area contributed by atoms with E-state index in [1.165, 1.54) is 6.33 Å². The molecule has 0 radical (unpaired) electrons. The first kappa shape index (κ1) is 21.1. The Hall–Kier alpha value is -3.15. The summed E-state index contributed by atoms with van der Waals surface area (Å²) in [5, 5.41) is 0. The molecule has 4 rings (SSSR count). The fraction of sp³-hybridized carbons (Fsp3) is 0.261. The second kappa shape index (κ2) is 9.77. The standard InChI is InChI=1S/C23H23BrN6O/c1-29(15-18-2-6-19(24)7-3-18)22-20(27-16-28-23(22)25)8-4-17-5-9-21(26-14-17)30-10-12-31-13-11-30/h2-3,5-7,9,14,16H,10-13,15H2,1H3,(H2,25,27,28). The first-order chi connectivity index (χ1) is 15.1. The molecule has 3 heterocycles. The molecule has 3 aromatic rings. The number of benzene rings is 1. The Morgan fingerprint density at radius 2 is 1.84 bits per heavy atom. The van der Waals surface area contributed by atoms with E-state index in [1.54, 1.807) is 6.20 Å². The maximum Gasteiger partial charge on any atom is 0.151 e. The Labute approximate surface area is 190 Å². The highest BCUT2D eigenvalue weighted by Crippen LogP contribution is 2.25. The number of nitrogens with two attached hydrogens (primary N) is 1. The molecule has 0 bridgehead atoms. The van der Waals surface area contributed by atoms with Gasteiger partial charge in [-0.2, -0.15) is 0 Å². The van der Waals surface area contributed by atoms with E-state index >= 15 is 0 Å². The number of anilines is 3. The number of pyridine rings is 1. The molecule has 0 spiro atoms. The molecule has 0 atom stereocenters. The quantitative estimate of drug-likeness (QED) is 0.576. The van der Waals surface area contributed by atoms with Crippen LogP contribution in [0.4, 0.5) is 17.3 Å². The van der Waals surface area contributed by atoms with E-state index in [2.05, 4.69) is 59.8 Å². The molecule has 0 amide bonds. The van der Waals surface area contributed by atoms with E-state index in [0.29, 0.717) is 18.1 Å². The van der Waals surface area contributed by atoms with E-state index in [-0.39, 0.29) is 0 Å². The van der Waals surface area contributed by atoms with Crippen molar-refractivity contribution in [1.82, 2.24) is 15.0 Å². The lowest BCUT2D eigenvalue weighted by Crippen LogP contribution is -2.36. The summed E-state index contributed by atoms with van der Waals surface area (Å²) in [7, 11) is 1.96. The molecule has 1 aliphatic rings. The molecule has 31 heavy (non-hydrogen) atoms. The van der Waals surface area contributed by atoms with Crippen molar-refractivity contribution in [3.63, 3.8) is 0 Å². The van der Waals surface area contributed by atoms with E-state index in [9.17, 15) is 0 Å². The highest BCUT2D eigenvalue weighted by molar-refractivity contribution is 9.10. The number of nitrogen functional groups attached to an aromatic ring is 1. The molecule has 0 saturated carbocycles. The molecule has 1 fully saturated rings. The largest absolute Gasteiger partial charge is 0.382 e. The van der Waals surface area contributed by atoms with E-state index in [0.717, 1.165) is 53.4 Å². The molecule has 158 valence electrons. The average molecular weight is 479 g/mol. The lowest BCUT2D eigenvalue weighted by Gasteiger charge is -2.27. The number of aromatic nitrogens is 3. The predicted molar refractivity (Wildman–Crippen MR) is 126 cm³/mol. The molecule has 2 aromatic heterocycles. The number of nitrogens with zero attached hydrogens (tertiary/aromatic N) is 5. The van der Waals surface area contributed by atoms with Crippen LogP contribution in [0.2, 0.25) is 0 Å². The van der Waals surface area contributed by atoms with Crippen LogP contribution in [0.25, 0.3) is 0 Å². The van der Waals surface area contributed by atoms with Crippen LogP contribution < -0.4 is 15.5 Å². The van der Waals surface area contributed by atoms with Crippen LogP contribution in [0.1, 0.15) is 16.8 Å². The van der Waals surface area contributed by atoms with Gasteiger partial charge in [0.1, 0.15) is 23.5 Å². The van der Waals surface area contributed by atoms with Gasteiger partial charge in [-0.05, 0) is 35.7 Å². The van der Waals surface area contributed by atoms with Gasteiger partial charge in [-0.25, -0.2) is 15.0 Å². The topological polar surface area (TPSA) is 80.4 Å². The molecular weight excluding hydrogens is 456 g/mol. The molecule has 0 aliphatic carbocycles. The Kier molecular flexibility index (Phi) is 6.65. The zero-order valence-electron chi connectivity index (χ0n) is 17.3. The summed E-state index contributed by atoms with van der Waals surface area (Å²) in [6.45, 7) is 3.83. The second-order valence-corrected chi connectivity index (χ2v) is 8.11. The van der Waals surface area contributed by atoms with Gasteiger partial charge in [0.25, 0.3) is 0 Å². The summed E-state index contributed by atoms with van der Waals surface area (Å²) in [5.41, 5.74) is 9.45. The van der Waals surface area contributed by atoms with Crippen molar-refractivity contribution in [3.8, 4) is 11.8 Å². The third kappa shape index (κ3) is 5.32. The van der Waals surface area contributed by atoms with Crippen LogP contribution in [0.5, 0.6) is 0 Å². The minimum absolute atomic E-state index is 0.403. The summed E-state index contributed by atoms with van der Waals surface area (Å²) in [6.07, 6.45) is 3.23. The van der Waals surface area contributed by atoms with E-state index < -0.39 is 0 Å². The number of hydrogen-bond donors (Lipinski definition) is 1. The smallest absolute Gasteiger partial charge is 0.151 e. The van der Waals surface area contributed by atoms with Gasteiger partial charge in [0, 0.05) is 42.9 Å². The zero-order chi connectivity index (χ0) is 21.6. The zero-order valence-corrected chi connectivity index (χ0v) is 18.8. The van der Waals surface area contributed by atoms with Crippen molar-refractivity contribution in [2.24, 2.45) is 0 Å². The van der Waals surface area contributed by atoms with Gasteiger partial charge in [-0.3, -0.25) is 0 Å². The van der Waals surface area contributed by atoms with Gasteiger partial charge in [0.15, 0.2) is 5.82 Å². The van der Waals surface area contributed by atoms with Crippen molar-refractivity contribution in [2.75, 3.05) is 48.9 Å². The summed E-state index contributed by atoms with van der Waals surface area (Å²) in [4.78, 5) is 17.3. The maximum atomic E-state index is 6.18. The average Bonchev–Trinajstić information content (AvgIpc) is 2.80. The number of morpholine rings is 1. The third-order valence-electron chi connectivity index (χ3n) is 4.97. The summed E-state index contributed by atoms with van der Waals surface area (Å²) >= 11 is 3.46. The maximum absolute atomic E-state index is 6.18. The van der Waals surface area contributed by atoms with Crippen molar-refractivity contribution < 1.29 is 4.74 Å². The fourth-order valence-electron chi connectivity index (χ4n) is 3.37. The van der Waals surface area contributed by atoms with Crippen LogP contribution in [-0.2, 0) is 11.3 Å². The molecule has 1 aromatic carbocycles. The second-order valence-electron chi connectivity index (χ2n) is 7.19. The third-order valence-corrected chi connectivity index (χ3v) is 5.50. The highest BCUT2D eigenvalue weighted by atomic mass is 79.9. The van der Waals surface area contributed by atoms with Crippen molar-refractivity contribution in [3.05, 3.63) is 70.2 Å². The van der Waals surface area contributed by atoms with Crippen LogP contribution >= 0.6 is 15.9 Å². The number of rotatable bonds is 4. The number of hydrogen-bond acceptors (Lipinski definition) is 7. The molecular formula is C23H23BrN6O. The minimum atomic E-state index is 0.403. The molecule has 1 saturated heterocycles. The van der Waals surface area contributed by atoms with Crippen LogP contribution in [0.3, 0.4) is 0 Å². The lowest BCUT2D eigenvalue weighted by molar-refractivity contribution is 0.122. The first-order valence-corrected chi connectivity index (χ1v) is 10.8. The highest BCUT2D eigenvalue weighted by Gasteiger charge is 2.14. The van der Waals surface area contributed by atoms with Crippen LogP contribution in [-0.4, -0.2) is 48.3 Å². The van der Waals surface area contributed by atoms with Gasteiger partial charge in [-0.15, -0.1) is 0 Å². The fourth-order valence-corrected chi connectivity index (χ4v) is 3.64. The normalized spacial score (nSPS) is 13.4. The Morgan fingerprint density at radius 3 is 2.55 bits per heavy atom. The molecule has 7 nitrogen and oxygen atoms in total.